The molecule has 1 aromatic heterocycles. The normalized spacial score (nSPS) is 11.9. The highest BCUT2D eigenvalue weighted by atomic mass is 19.1. The summed E-state index contributed by atoms with van der Waals surface area (Å²) in [4.78, 5) is 31.4. The zero-order valence-electron chi connectivity index (χ0n) is 12.8. The molecule has 0 saturated heterocycles. The number of amides is 2. The van der Waals surface area contributed by atoms with Crippen molar-refractivity contribution in [2.24, 2.45) is 0 Å². The number of aromatic amines is 1. The van der Waals surface area contributed by atoms with E-state index in [9.17, 15) is 14.0 Å². The summed E-state index contributed by atoms with van der Waals surface area (Å²) in [6, 6.07) is 11.8. The van der Waals surface area contributed by atoms with Crippen molar-refractivity contribution < 1.29 is 14.0 Å². The van der Waals surface area contributed by atoms with E-state index < -0.39 is 23.7 Å². The number of H-pyrrole nitrogens is 1. The van der Waals surface area contributed by atoms with Gasteiger partial charge in [0.15, 0.2) is 0 Å². The predicted molar refractivity (Wildman–Crippen MR) is 88.1 cm³/mol. The molecule has 0 fully saturated rings. The standard InChI is InChI=1S/C17H15FN4O2/c1-10(19-16(24)11-5-4-6-12(18)9-11)15(23)22-17-20-13-7-2-3-8-14(13)21-17/h2-10H,1H3,(H,19,24)(H2,20,21,22,23)/t10-/m0/s1. The van der Waals surface area contributed by atoms with E-state index in [-0.39, 0.29) is 5.56 Å². The summed E-state index contributed by atoms with van der Waals surface area (Å²) < 4.78 is 13.1. The molecule has 0 radical (unpaired) electrons. The molecule has 24 heavy (non-hydrogen) atoms. The first kappa shape index (κ1) is 15.7. The van der Waals surface area contributed by atoms with E-state index in [1.54, 1.807) is 0 Å². The maximum absolute atomic E-state index is 13.1. The SMILES string of the molecule is C[C@H](NC(=O)c1cccc(F)c1)C(=O)Nc1nc2ccccc2[nH]1. The van der Waals surface area contributed by atoms with Crippen LogP contribution in [0.4, 0.5) is 10.3 Å². The number of rotatable bonds is 4. The summed E-state index contributed by atoms with van der Waals surface area (Å²) in [5.41, 5.74) is 1.67. The topological polar surface area (TPSA) is 86.9 Å². The molecule has 3 rings (SSSR count). The minimum Gasteiger partial charge on any atom is -0.341 e. The quantitative estimate of drug-likeness (QED) is 0.688. The van der Waals surface area contributed by atoms with E-state index >= 15 is 0 Å². The van der Waals surface area contributed by atoms with Gasteiger partial charge in [-0.15, -0.1) is 0 Å². The molecule has 6 nitrogen and oxygen atoms in total. The van der Waals surface area contributed by atoms with Crippen LogP contribution in [-0.2, 0) is 4.79 Å². The van der Waals surface area contributed by atoms with Gasteiger partial charge in [0.2, 0.25) is 11.9 Å². The number of nitrogens with one attached hydrogen (secondary N) is 3. The van der Waals surface area contributed by atoms with E-state index in [1.807, 2.05) is 24.3 Å². The van der Waals surface area contributed by atoms with Crippen LogP contribution in [0.15, 0.2) is 48.5 Å². The first-order valence-electron chi connectivity index (χ1n) is 7.35. The summed E-state index contributed by atoms with van der Waals surface area (Å²) in [6.45, 7) is 1.54. The minimum atomic E-state index is -0.811. The van der Waals surface area contributed by atoms with Crippen molar-refractivity contribution in [3.05, 3.63) is 59.9 Å². The monoisotopic (exact) mass is 326 g/mol. The van der Waals surface area contributed by atoms with Crippen molar-refractivity contribution in [3.63, 3.8) is 0 Å². The largest absolute Gasteiger partial charge is 0.341 e. The smallest absolute Gasteiger partial charge is 0.252 e. The Morgan fingerprint density at radius 2 is 1.96 bits per heavy atom. The molecule has 0 aliphatic carbocycles. The van der Waals surface area contributed by atoms with Crippen molar-refractivity contribution in [2.45, 2.75) is 13.0 Å². The van der Waals surface area contributed by atoms with Crippen LogP contribution < -0.4 is 10.6 Å². The third kappa shape index (κ3) is 3.40. The second-order valence-corrected chi connectivity index (χ2v) is 5.30. The average molecular weight is 326 g/mol. The van der Waals surface area contributed by atoms with Crippen molar-refractivity contribution >= 4 is 28.8 Å². The fourth-order valence-electron chi connectivity index (χ4n) is 2.21. The van der Waals surface area contributed by atoms with Gasteiger partial charge in [0.1, 0.15) is 11.9 Å². The van der Waals surface area contributed by atoms with Gasteiger partial charge in [-0.25, -0.2) is 9.37 Å². The number of nitrogens with zero attached hydrogens (tertiary/aromatic N) is 1. The number of halogens is 1. The van der Waals surface area contributed by atoms with Crippen molar-refractivity contribution in [1.82, 2.24) is 15.3 Å². The summed E-state index contributed by atoms with van der Waals surface area (Å²) in [6.07, 6.45) is 0. The molecule has 1 heterocycles. The van der Waals surface area contributed by atoms with E-state index in [0.29, 0.717) is 5.95 Å². The van der Waals surface area contributed by atoms with Crippen LogP contribution in [0.25, 0.3) is 11.0 Å². The summed E-state index contributed by atoms with van der Waals surface area (Å²) in [5, 5.41) is 5.12. The number of carbonyl (C=O) groups is 2. The van der Waals surface area contributed by atoms with Gasteiger partial charge in [0.05, 0.1) is 11.0 Å². The van der Waals surface area contributed by atoms with E-state index in [4.69, 9.17) is 0 Å². The van der Waals surface area contributed by atoms with E-state index in [2.05, 4.69) is 20.6 Å². The Labute approximate surface area is 137 Å². The number of imidazole rings is 1. The van der Waals surface area contributed by atoms with Crippen LogP contribution >= 0.6 is 0 Å². The molecule has 0 aliphatic heterocycles. The van der Waals surface area contributed by atoms with Crippen molar-refractivity contribution in [3.8, 4) is 0 Å². The van der Waals surface area contributed by atoms with Gasteiger partial charge in [-0.2, -0.15) is 0 Å². The van der Waals surface area contributed by atoms with Gasteiger partial charge < -0.3 is 10.3 Å². The molecule has 0 saturated carbocycles. The van der Waals surface area contributed by atoms with Crippen molar-refractivity contribution in [2.75, 3.05) is 5.32 Å². The third-order valence-electron chi connectivity index (χ3n) is 3.46. The van der Waals surface area contributed by atoms with Crippen LogP contribution in [0.2, 0.25) is 0 Å². The molecular formula is C17H15FN4O2. The van der Waals surface area contributed by atoms with Gasteiger partial charge in [0, 0.05) is 5.56 Å². The van der Waals surface area contributed by atoms with Crippen LogP contribution in [0.3, 0.4) is 0 Å². The molecule has 0 unspecified atom stereocenters. The van der Waals surface area contributed by atoms with Gasteiger partial charge in [-0.3, -0.25) is 14.9 Å². The molecule has 122 valence electrons. The maximum Gasteiger partial charge on any atom is 0.252 e. The first-order valence-corrected chi connectivity index (χ1v) is 7.35. The lowest BCUT2D eigenvalue weighted by molar-refractivity contribution is -0.117. The molecule has 2 aromatic carbocycles. The Morgan fingerprint density at radius 3 is 2.71 bits per heavy atom. The van der Waals surface area contributed by atoms with Gasteiger partial charge in [-0.05, 0) is 37.3 Å². The Balaban J connectivity index is 1.65. The number of benzene rings is 2. The predicted octanol–water partition coefficient (Wildman–Crippen LogP) is 2.46. The van der Waals surface area contributed by atoms with Crippen LogP contribution in [0.1, 0.15) is 17.3 Å². The molecule has 1 atom stereocenters. The maximum atomic E-state index is 13.1. The fourth-order valence-corrected chi connectivity index (χ4v) is 2.21. The highest BCUT2D eigenvalue weighted by Gasteiger charge is 2.18. The summed E-state index contributed by atoms with van der Waals surface area (Å²) >= 11 is 0. The number of para-hydroxylation sites is 2. The Kier molecular flexibility index (Phi) is 4.24. The first-order chi connectivity index (χ1) is 11.5. The number of carbonyl (C=O) groups excluding carboxylic acids is 2. The van der Waals surface area contributed by atoms with Gasteiger partial charge >= 0.3 is 0 Å². The lowest BCUT2D eigenvalue weighted by Gasteiger charge is -2.13. The Morgan fingerprint density at radius 1 is 1.17 bits per heavy atom. The lowest BCUT2D eigenvalue weighted by Crippen LogP contribution is -2.41. The number of hydrogen-bond acceptors (Lipinski definition) is 3. The van der Waals surface area contributed by atoms with Gasteiger partial charge in [0.25, 0.3) is 5.91 Å². The molecule has 7 heteroatoms. The molecule has 0 aliphatic rings. The van der Waals surface area contributed by atoms with Gasteiger partial charge in [-0.1, -0.05) is 18.2 Å². The molecule has 3 aromatic rings. The fraction of sp³-hybridized carbons (Fsp3) is 0.118. The zero-order valence-corrected chi connectivity index (χ0v) is 12.8. The molecule has 0 spiro atoms. The third-order valence-corrected chi connectivity index (χ3v) is 3.46. The summed E-state index contributed by atoms with van der Waals surface area (Å²) in [5.74, 6) is -1.17. The van der Waals surface area contributed by atoms with Crippen LogP contribution in [0.5, 0.6) is 0 Å². The Bertz CT molecular complexity index is 873. The van der Waals surface area contributed by atoms with Crippen molar-refractivity contribution in [1.29, 1.82) is 0 Å². The zero-order chi connectivity index (χ0) is 17.1. The molecule has 3 N–H and O–H groups in total. The number of aromatic nitrogens is 2. The molecule has 0 bridgehead atoms. The second-order valence-electron chi connectivity index (χ2n) is 5.30. The number of fused-ring (bicyclic) bond motifs is 1. The van der Waals surface area contributed by atoms with Crippen LogP contribution in [-0.4, -0.2) is 27.8 Å². The molecular weight excluding hydrogens is 311 g/mol. The average Bonchev–Trinajstić information content (AvgIpc) is 2.96. The number of anilines is 1. The van der Waals surface area contributed by atoms with E-state index in [1.165, 1.54) is 25.1 Å². The molecule has 2 amide bonds. The summed E-state index contributed by atoms with van der Waals surface area (Å²) in [7, 11) is 0. The minimum absolute atomic E-state index is 0.151. The highest BCUT2D eigenvalue weighted by molar-refractivity contribution is 6.00. The van der Waals surface area contributed by atoms with E-state index in [0.717, 1.165) is 17.1 Å². The second kappa shape index (κ2) is 6.49. The highest BCUT2D eigenvalue weighted by Crippen LogP contribution is 2.13. The number of hydrogen-bond donors (Lipinski definition) is 3. The Hall–Kier alpha value is -3.22. The lowest BCUT2D eigenvalue weighted by atomic mass is 10.2. The van der Waals surface area contributed by atoms with Crippen LogP contribution in [0, 0.1) is 5.82 Å².